The molecule has 1 aromatic carbocycles. The molecule has 1 unspecified atom stereocenters. The number of carbonyl (C=O) groups is 2. The Morgan fingerprint density at radius 3 is 2.77 bits per heavy atom. The molecule has 1 aromatic heterocycles. The Morgan fingerprint density at radius 2 is 2.04 bits per heavy atom. The second-order valence-corrected chi connectivity index (χ2v) is 6.02. The van der Waals surface area contributed by atoms with E-state index in [1.165, 1.54) is 11.0 Å². The molecule has 0 aliphatic carbocycles. The number of carbonyl (C=O) groups excluding carboxylic acids is 2. The van der Waals surface area contributed by atoms with Gasteiger partial charge in [-0.1, -0.05) is 18.2 Å². The molecule has 1 aliphatic heterocycles. The van der Waals surface area contributed by atoms with Gasteiger partial charge in [-0.25, -0.2) is 0 Å². The van der Waals surface area contributed by atoms with Crippen molar-refractivity contribution in [3.63, 3.8) is 0 Å². The van der Waals surface area contributed by atoms with Crippen molar-refractivity contribution in [2.45, 2.75) is 12.8 Å². The first-order chi connectivity index (χ1) is 12.2. The second-order valence-electron chi connectivity index (χ2n) is 6.02. The third kappa shape index (κ3) is 4.59. The minimum Gasteiger partial charge on any atom is -0.355 e. The molecule has 0 radical (unpaired) electrons. The Kier molecular flexibility index (Phi) is 7.11. The van der Waals surface area contributed by atoms with E-state index in [0.717, 1.165) is 18.5 Å². The molecule has 1 fully saturated rings. The molecular weight excluding hydrogens is 356 g/mol. The number of hydrogen-bond acceptors (Lipinski definition) is 5. The van der Waals surface area contributed by atoms with Gasteiger partial charge in [-0.15, -0.1) is 17.5 Å². The Balaban J connectivity index is 0.00000243. The summed E-state index contributed by atoms with van der Waals surface area (Å²) in [4.78, 5) is 27.9. The lowest BCUT2D eigenvalue weighted by atomic mass is 9.97. The number of hydrogen-bond donors (Lipinski definition) is 2. The summed E-state index contributed by atoms with van der Waals surface area (Å²) in [6.07, 6.45) is 3.03. The van der Waals surface area contributed by atoms with Crippen molar-refractivity contribution < 1.29 is 9.59 Å². The molecule has 26 heavy (non-hydrogen) atoms. The Bertz CT molecular complexity index is 736. The highest BCUT2D eigenvalue weighted by atomic mass is 35.5. The van der Waals surface area contributed by atoms with Crippen LogP contribution in [0.4, 0.5) is 0 Å². The average Bonchev–Trinajstić information content (AvgIpc) is 3.16. The summed E-state index contributed by atoms with van der Waals surface area (Å²) in [6.45, 7) is 1.88. The van der Waals surface area contributed by atoms with Crippen LogP contribution in [0.5, 0.6) is 0 Å². The van der Waals surface area contributed by atoms with Crippen LogP contribution in [0.25, 0.3) is 5.69 Å². The molecule has 0 saturated carbocycles. The highest BCUT2D eigenvalue weighted by Crippen LogP contribution is 2.18. The third-order valence-electron chi connectivity index (χ3n) is 4.22. The van der Waals surface area contributed by atoms with Crippen molar-refractivity contribution in [1.29, 1.82) is 0 Å². The minimum absolute atomic E-state index is 0. The maximum atomic E-state index is 12.7. The number of nitrogens with two attached hydrogens (primary N) is 1. The van der Waals surface area contributed by atoms with E-state index in [9.17, 15) is 9.59 Å². The molecule has 2 aromatic rings. The smallest absolute Gasteiger partial charge is 0.276 e. The summed E-state index contributed by atoms with van der Waals surface area (Å²) >= 11 is 0. The van der Waals surface area contributed by atoms with Crippen LogP contribution in [0.3, 0.4) is 0 Å². The van der Waals surface area contributed by atoms with Crippen LogP contribution in [-0.2, 0) is 4.79 Å². The van der Waals surface area contributed by atoms with E-state index in [0.29, 0.717) is 26.2 Å². The van der Waals surface area contributed by atoms with E-state index >= 15 is 0 Å². The maximum absolute atomic E-state index is 12.7. The average molecular weight is 379 g/mol. The minimum atomic E-state index is -0.201. The number of halogens is 1. The zero-order valence-electron chi connectivity index (χ0n) is 14.4. The number of likely N-dealkylation sites (tertiary alicyclic amines) is 1. The summed E-state index contributed by atoms with van der Waals surface area (Å²) in [7, 11) is 0. The van der Waals surface area contributed by atoms with Crippen LogP contribution in [0.1, 0.15) is 23.3 Å². The van der Waals surface area contributed by atoms with E-state index in [2.05, 4.69) is 15.5 Å². The summed E-state index contributed by atoms with van der Waals surface area (Å²) in [5.74, 6) is -0.442. The lowest BCUT2D eigenvalue weighted by Crippen LogP contribution is -2.46. The standard InChI is InChI=1S/C17H22N6O2.ClH/c18-8-9-19-16(24)13-5-4-10-22(12-13)17(25)15-11-20-23(21-15)14-6-2-1-3-7-14;/h1-3,6-7,11,13H,4-5,8-10,12,18H2,(H,19,24);1H. The Morgan fingerprint density at radius 1 is 1.27 bits per heavy atom. The lowest BCUT2D eigenvalue weighted by Gasteiger charge is -2.31. The number of benzene rings is 1. The van der Waals surface area contributed by atoms with Gasteiger partial charge in [0.25, 0.3) is 5.91 Å². The number of rotatable bonds is 5. The van der Waals surface area contributed by atoms with E-state index < -0.39 is 0 Å². The predicted molar refractivity (Wildman–Crippen MR) is 99.3 cm³/mol. The largest absolute Gasteiger partial charge is 0.355 e. The second kappa shape index (κ2) is 9.30. The molecule has 1 atom stereocenters. The summed E-state index contributed by atoms with van der Waals surface area (Å²) in [5, 5.41) is 11.2. The molecular formula is C17H23ClN6O2. The van der Waals surface area contributed by atoms with Crippen molar-refractivity contribution in [3.8, 4) is 5.69 Å². The van der Waals surface area contributed by atoms with Crippen molar-refractivity contribution in [2.75, 3.05) is 26.2 Å². The first-order valence-electron chi connectivity index (χ1n) is 8.44. The van der Waals surface area contributed by atoms with Crippen molar-refractivity contribution in [1.82, 2.24) is 25.2 Å². The fourth-order valence-corrected chi connectivity index (χ4v) is 2.92. The fraction of sp³-hybridized carbons (Fsp3) is 0.412. The van der Waals surface area contributed by atoms with Gasteiger partial charge in [-0.3, -0.25) is 9.59 Å². The van der Waals surface area contributed by atoms with Crippen LogP contribution in [-0.4, -0.2) is 57.9 Å². The molecule has 3 N–H and O–H groups in total. The topological polar surface area (TPSA) is 106 Å². The Hall–Kier alpha value is -2.45. The Labute approximate surface area is 158 Å². The number of nitrogens with zero attached hydrogens (tertiary/aromatic N) is 4. The zero-order chi connectivity index (χ0) is 17.6. The van der Waals surface area contributed by atoms with Crippen molar-refractivity contribution >= 4 is 24.2 Å². The molecule has 2 heterocycles. The van der Waals surface area contributed by atoms with Crippen LogP contribution in [0.2, 0.25) is 0 Å². The molecule has 1 aliphatic rings. The van der Waals surface area contributed by atoms with Gasteiger partial charge < -0.3 is 16.0 Å². The SMILES string of the molecule is Cl.NCCNC(=O)C1CCCN(C(=O)c2cnn(-c3ccccc3)n2)C1. The van der Waals surface area contributed by atoms with Gasteiger partial charge in [-0.2, -0.15) is 9.90 Å². The van der Waals surface area contributed by atoms with E-state index in [-0.39, 0.29) is 35.8 Å². The normalized spacial score (nSPS) is 16.7. The van der Waals surface area contributed by atoms with Gasteiger partial charge in [0.1, 0.15) is 0 Å². The highest BCUT2D eigenvalue weighted by Gasteiger charge is 2.29. The van der Waals surface area contributed by atoms with Crippen LogP contribution in [0.15, 0.2) is 36.5 Å². The van der Waals surface area contributed by atoms with E-state index in [1.54, 1.807) is 4.90 Å². The van der Waals surface area contributed by atoms with Crippen LogP contribution >= 0.6 is 12.4 Å². The van der Waals surface area contributed by atoms with Gasteiger partial charge in [-0.05, 0) is 25.0 Å². The van der Waals surface area contributed by atoms with E-state index in [4.69, 9.17) is 5.73 Å². The maximum Gasteiger partial charge on any atom is 0.276 e. The van der Waals surface area contributed by atoms with Crippen LogP contribution in [0, 0.1) is 5.92 Å². The highest BCUT2D eigenvalue weighted by molar-refractivity contribution is 5.92. The van der Waals surface area contributed by atoms with Crippen molar-refractivity contribution in [2.24, 2.45) is 11.7 Å². The van der Waals surface area contributed by atoms with E-state index in [1.807, 2.05) is 30.3 Å². The lowest BCUT2D eigenvalue weighted by molar-refractivity contribution is -0.126. The molecule has 1 saturated heterocycles. The third-order valence-corrected chi connectivity index (χ3v) is 4.22. The molecule has 3 rings (SSSR count). The van der Waals surface area contributed by atoms with Gasteiger partial charge in [0.05, 0.1) is 17.8 Å². The molecule has 0 bridgehead atoms. The number of nitrogens with one attached hydrogen (secondary N) is 1. The fourth-order valence-electron chi connectivity index (χ4n) is 2.92. The summed E-state index contributed by atoms with van der Waals surface area (Å²) in [6, 6.07) is 9.41. The predicted octanol–water partition coefficient (Wildman–Crippen LogP) is 0.616. The quantitative estimate of drug-likeness (QED) is 0.793. The molecule has 8 nitrogen and oxygen atoms in total. The number of piperidine rings is 1. The first kappa shape index (κ1) is 19.9. The summed E-state index contributed by atoms with van der Waals surface area (Å²) < 4.78 is 0. The molecule has 0 spiro atoms. The molecule has 2 amide bonds. The number of para-hydroxylation sites is 1. The van der Waals surface area contributed by atoms with Gasteiger partial charge in [0.15, 0.2) is 5.69 Å². The number of amides is 2. The summed E-state index contributed by atoms with van der Waals surface area (Å²) in [5.41, 5.74) is 6.49. The first-order valence-corrected chi connectivity index (χ1v) is 8.44. The van der Waals surface area contributed by atoms with Gasteiger partial charge in [0.2, 0.25) is 5.91 Å². The zero-order valence-corrected chi connectivity index (χ0v) is 15.2. The van der Waals surface area contributed by atoms with Crippen LogP contribution < -0.4 is 11.1 Å². The van der Waals surface area contributed by atoms with Gasteiger partial charge >= 0.3 is 0 Å². The number of aromatic nitrogens is 3. The molecule has 140 valence electrons. The van der Waals surface area contributed by atoms with Crippen molar-refractivity contribution in [3.05, 3.63) is 42.2 Å². The van der Waals surface area contributed by atoms with Gasteiger partial charge in [0, 0.05) is 26.2 Å². The monoisotopic (exact) mass is 378 g/mol. The molecule has 9 heteroatoms.